The molecule has 0 radical (unpaired) electrons. The van der Waals surface area contributed by atoms with Crippen LogP contribution in [0.3, 0.4) is 0 Å². The number of halogens is 1. The summed E-state index contributed by atoms with van der Waals surface area (Å²) >= 11 is 6.40. The molecule has 1 atom stereocenters. The van der Waals surface area contributed by atoms with Crippen LogP contribution in [0, 0.1) is 5.92 Å². The number of hydrogen-bond acceptors (Lipinski definition) is 2. The Morgan fingerprint density at radius 1 is 1.30 bits per heavy atom. The summed E-state index contributed by atoms with van der Waals surface area (Å²) in [4.78, 5) is 0. The lowest BCUT2D eigenvalue weighted by Crippen LogP contribution is -2.27. The zero-order chi connectivity index (χ0) is 14.5. The van der Waals surface area contributed by atoms with E-state index in [-0.39, 0.29) is 6.04 Å². The fourth-order valence-electron chi connectivity index (χ4n) is 3.40. The normalized spacial score (nSPS) is 19.0. The highest BCUT2D eigenvalue weighted by Gasteiger charge is 2.19. The Kier molecular flexibility index (Phi) is 5.91. The summed E-state index contributed by atoms with van der Waals surface area (Å²) in [6.07, 6.45) is 11.1. The van der Waals surface area contributed by atoms with Crippen LogP contribution < -0.4 is 5.73 Å². The van der Waals surface area contributed by atoms with E-state index in [9.17, 15) is 0 Å². The van der Waals surface area contributed by atoms with Gasteiger partial charge in [0.25, 0.3) is 0 Å². The maximum atomic E-state index is 6.40. The second-order valence-electron chi connectivity index (χ2n) is 6.24. The van der Waals surface area contributed by atoms with Crippen molar-refractivity contribution in [2.75, 3.05) is 0 Å². The minimum atomic E-state index is 0.204. The van der Waals surface area contributed by atoms with Gasteiger partial charge in [0.15, 0.2) is 0 Å². The Balaban J connectivity index is 1.93. The molecule has 1 fully saturated rings. The van der Waals surface area contributed by atoms with Crippen LogP contribution in [0.25, 0.3) is 0 Å². The molecule has 0 aromatic carbocycles. The van der Waals surface area contributed by atoms with Crippen LogP contribution in [-0.2, 0) is 19.9 Å². The second kappa shape index (κ2) is 7.46. The average molecular weight is 298 g/mol. The maximum absolute atomic E-state index is 6.40. The number of hydrogen-bond donors (Lipinski definition) is 1. The molecule has 1 aromatic heterocycles. The summed E-state index contributed by atoms with van der Waals surface area (Å²) in [6.45, 7) is 2.09. The summed E-state index contributed by atoms with van der Waals surface area (Å²) in [6, 6.07) is 0.204. The first-order chi connectivity index (χ1) is 9.61. The highest BCUT2D eigenvalue weighted by Crippen LogP contribution is 2.28. The maximum Gasteiger partial charge on any atom is 0.0850 e. The van der Waals surface area contributed by atoms with Gasteiger partial charge in [-0.3, -0.25) is 4.68 Å². The molecule has 0 aliphatic heterocycles. The van der Waals surface area contributed by atoms with E-state index in [4.69, 9.17) is 17.3 Å². The van der Waals surface area contributed by atoms with Crippen LogP contribution in [0.4, 0.5) is 0 Å². The number of nitrogens with two attached hydrogens (primary N) is 1. The number of rotatable bonds is 5. The van der Waals surface area contributed by atoms with Crippen molar-refractivity contribution < 1.29 is 0 Å². The molecule has 0 amide bonds. The van der Waals surface area contributed by atoms with Crippen LogP contribution in [0.1, 0.15) is 63.3 Å². The van der Waals surface area contributed by atoms with Crippen LogP contribution in [-0.4, -0.2) is 15.8 Å². The second-order valence-corrected chi connectivity index (χ2v) is 6.62. The Hall–Kier alpha value is -0.540. The fraction of sp³-hybridized carbons (Fsp3) is 0.812. The van der Waals surface area contributed by atoms with Crippen molar-refractivity contribution in [1.29, 1.82) is 0 Å². The van der Waals surface area contributed by atoms with Gasteiger partial charge in [-0.1, -0.05) is 57.0 Å². The minimum Gasteiger partial charge on any atom is -0.327 e. The fourth-order valence-corrected chi connectivity index (χ4v) is 3.77. The van der Waals surface area contributed by atoms with Crippen molar-refractivity contribution in [2.45, 2.75) is 70.8 Å². The third-order valence-corrected chi connectivity index (χ3v) is 5.01. The predicted octanol–water partition coefficient (Wildman–Crippen LogP) is 3.87. The molecular weight excluding hydrogens is 270 g/mol. The van der Waals surface area contributed by atoms with Crippen LogP contribution in [0.15, 0.2) is 0 Å². The van der Waals surface area contributed by atoms with Gasteiger partial charge in [-0.2, -0.15) is 5.10 Å². The van der Waals surface area contributed by atoms with E-state index < -0.39 is 0 Å². The Morgan fingerprint density at radius 2 is 1.95 bits per heavy atom. The first-order valence-electron chi connectivity index (χ1n) is 8.07. The van der Waals surface area contributed by atoms with E-state index in [1.807, 2.05) is 11.7 Å². The third kappa shape index (κ3) is 3.98. The van der Waals surface area contributed by atoms with Crippen molar-refractivity contribution >= 4 is 11.6 Å². The molecule has 4 heteroatoms. The van der Waals surface area contributed by atoms with Crippen molar-refractivity contribution in [1.82, 2.24) is 9.78 Å². The zero-order valence-corrected chi connectivity index (χ0v) is 13.6. The Morgan fingerprint density at radius 3 is 2.50 bits per heavy atom. The molecule has 3 nitrogen and oxygen atoms in total. The lowest BCUT2D eigenvalue weighted by Gasteiger charge is -2.19. The van der Waals surface area contributed by atoms with Crippen LogP contribution in [0.2, 0.25) is 5.02 Å². The summed E-state index contributed by atoms with van der Waals surface area (Å²) < 4.78 is 1.91. The molecule has 0 bridgehead atoms. The zero-order valence-electron chi connectivity index (χ0n) is 12.9. The van der Waals surface area contributed by atoms with Crippen molar-refractivity contribution in [3.05, 3.63) is 16.4 Å². The van der Waals surface area contributed by atoms with Gasteiger partial charge in [0.05, 0.1) is 16.4 Å². The largest absolute Gasteiger partial charge is 0.327 e. The van der Waals surface area contributed by atoms with E-state index in [1.165, 1.54) is 38.5 Å². The van der Waals surface area contributed by atoms with E-state index in [1.54, 1.807) is 0 Å². The van der Waals surface area contributed by atoms with Gasteiger partial charge in [-0.05, 0) is 18.8 Å². The first kappa shape index (κ1) is 15.8. The van der Waals surface area contributed by atoms with Crippen LogP contribution in [0.5, 0.6) is 0 Å². The quantitative estimate of drug-likeness (QED) is 0.839. The van der Waals surface area contributed by atoms with Crippen molar-refractivity contribution in [3.63, 3.8) is 0 Å². The van der Waals surface area contributed by atoms with Gasteiger partial charge in [0.1, 0.15) is 0 Å². The monoisotopic (exact) mass is 297 g/mol. The number of aromatic nitrogens is 2. The third-order valence-electron chi connectivity index (χ3n) is 4.57. The summed E-state index contributed by atoms with van der Waals surface area (Å²) in [5.41, 5.74) is 8.47. The molecule has 1 aliphatic rings. The molecule has 1 unspecified atom stereocenters. The SMILES string of the molecule is CCc1nn(C)c(CC(N)CC2CCCCCC2)c1Cl. The van der Waals surface area contributed by atoms with E-state index in [2.05, 4.69) is 12.0 Å². The molecule has 1 saturated carbocycles. The summed E-state index contributed by atoms with van der Waals surface area (Å²) in [5, 5.41) is 5.30. The van der Waals surface area contributed by atoms with Gasteiger partial charge in [0.2, 0.25) is 0 Å². The summed E-state index contributed by atoms with van der Waals surface area (Å²) in [7, 11) is 1.97. The molecule has 0 saturated heterocycles. The minimum absolute atomic E-state index is 0.204. The van der Waals surface area contributed by atoms with E-state index in [0.29, 0.717) is 0 Å². The van der Waals surface area contributed by atoms with Gasteiger partial charge in [-0.15, -0.1) is 0 Å². The Bertz CT molecular complexity index is 420. The Labute approximate surface area is 127 Å². The smallest absolute Gasteiger partial charge is 0.0850 e. The standard InChI is InChI=1S/C16H28ClN3/c1-3-14-16(17)15(20(2)19-14)11-13(18)10-12-8-6-4-5-7-9-12/h12-13H,3-11,18H2,1-2H3. The van der Waals surface area contributed by atoms with E-state index >= 15 is 0 Å². The van der Waals surface area contributed by atoms with Crippen molar-refractivity contribution in [3.8, 4) is 0 Å². The lowest BCUT2D eigenvalue weighted by molar-refractivity contribution is 0.384. The molecular formula is C16H28ClN3. The average Bonchev–Trinajstić information content (AvgIpc) is 2.63. The molecule has 114 valence electrons. The van der Waals surface area contributed by atoms with Gasteiger partial charge in [0, 0.05) is 19.5 Å². The van der Waals surface area contributed by atoms with Crippen LogP contribution >= 0.6 is 11.6 Å². The van der Waals surface area contributed by atoms with Gasteiger partial charge >= 0.3 is 0 Å². The molecule has 2 N–H and O–H groups in total. The number of nitrogens with zero attached hydrogens (tertiary/aromatic N) is 2. The topological polar surface area (TPSA) is 43.8 Å². The molecule has 20 heavy (non-hydrogen) atoms. The van der Waals surface area contributed by atoms with Gasteiger partial charge in [-0.25, -0.2) is 0 Å². The van der Waals surface area contributed by atoms with Crippen molar-refractivity contribution in [2.24, 2.45) is 18.7 Å². The number of aryl methyl sites for hydroxylation is 2. The predicted molar refractivity (Wildman–Crippen MR) is 85.1 cm³/mol. The summed E-state index contributed by atoms with van der Waals surface area (Å²) in [5.74, 6) is 0.810. The first-order valence-corrected chi connectivity index (χ1v) is 8.45. The lowest BCUT2D eigenvalue weighted by atomic mass is 9.91. The van der Waals surface area contributed by atoms with Gasteiger partial charge < -0.3 is 5.73 Å². The molecule has 1 heterocycles. The molecule has 1 aliphatic carbocycles. The molecule has 0 spiro atoms. The highest BCUT2D eigenvalue weighted by molar-refractivity contribution is 6.31. The van der Waals surface area contributed by atoms with E-state index in [0.717, 1.165) is 41.6 Å². The molecule has 2 rings (SSSR count). The molecule has 1 aromatic rings. The highest BCUT2D eigenvalue weighted by atomic mass is 35.5.